The van der Waals surface area contributed by atoms with Gasteiger partial charge in [0, 0.05) is 19.0 Å². The molecule has 2 heterocycles. The van der Waals surface area contributed by atoms with E-state index in [9.17, 15) is 13.2 Å². The molecule has 2 N–H and O–H groups in total. The Morgan fingerprint density at radius 3 is 2.53 bits per heavy atom. The molecule has 2 aromatic carbocycles. The maximum Gasteiger partial charge on any atom is 0.261 e. The highest BCUT2D eigenvalue weighted by Gasteiger charge is 2.17. The number of rotatable bonds is 6. The molecule has 0 aliphatic carbocycles. The average Bonchev–Trinajstić information content (AvgIpc) is 3.29. The number of hydrogen-bond donors (Lipinski definition) is 2. The van der Waals surface area contributed by atoms with E-state index >= 15 is 0 Å². The van der Waals surface area contributed by atoms with Crippen molar-refractivity contribution in [2.75, 3.05) is 4.72 Å². The molecule has 2 aromatic heterocycles. The molecule has 1 amide bonds. The van der Waals surface area contributed by atoms with E-state index in [4.69, 9.17) is 0 Å². The largest absolute Gasteiger partial charge is 0.347 e. The summed E-state index contributed by atoms with van der Waals surface area (Å²) in [7, 11) is -1.87. The van der Waals surface area contributed by atoms with Gasteiger partial charge in [0.15, 0.2) is 0 Å². The first-order valence-corrected chi connectivity index (χ1v) is 11.5. The Labute approximate surface area is 178 Å². The minimum atomic E-state index is -3.72. The first-order chi connectivity index (χ1) is 14.3. The number of carbonyl (C=O) groups is 1. The van der Waals surface area contributed by atoms with Crippen LogP contribution in [0.3, 0.4) is 0 Å². The number of sulfonamides is 1. The fourth-order valence-corrected chi connectivity index (χ4v) is 5.32. The first kappa shape index (κ1) is 20.1. The summed E-state index contributed by atoms with van der Waals surface area (Å²) in [4.78, 5) is 14.4. The summed E-state index contributed by atoms with van der Waals surface area (Å²) >= 11 is 1.38. The van der Waals surface area contributed by atoms with Gasteiger partial charge in [-0.1, -0.05) is 36.4 Å². The molecule has 0 atom stereocenters. The van der Waals surface area contributed by atoms with Crippen LogP contribution in [0.25, 0.3) is 10.2 Å². The third-order valence-corrected chi connectivity index (χ3v) is 7.26. The summed E-state index contributed by atoms with van der Waals surface area (Å²) in [6, 6.07) is 17.0. The number of benzene rings is 2. The van der Waals surface area contributed by atoms with Crippen molar-refractivity contribution in [3.05, 3.63) is 76.8 Å². The lowest BCUT2D eigenvalue weighted by molar-refractivity contribution is 0.0955. The van der Waals surface area contributed by atoms with Gasteiger partial charge in [-0.25, -0.2) is 8.42 Å². The van der Waals surface area contributed by atoms with Crippen LogP contribution >= 0.6 is 11.3 Å². The van der Waals surface area contributed by atoms with Crippen molar-refractivity contribution in [1.82, 2.24) is 15.1 Å². The molecule has 7 nitrogen and oxygen atoms in total. The minimum Gasteiger partial charge on any atom is -0.347 e. The van der Waals surface area contributed by atoms with E-state index in [2.05, 4.69) is 15.1 Å². The monoisotopic (exact) mass is 440 g/mol. The van der Waals surface area contributed by atoms with Crippen LogP contribution in [0.5, 0.6) is 0 Å². The lowest BCUT2D eigenvalue weighted by Crippen LogP contribution is -2.23. The van der Waals surface area contributed by atoms with E-state index in [1.54, 1.807) is 47.1 Å². The van der Waals surface area contributed by atoms with Crippen LogP contribution in [0.15, 0.2) is 65.6 Å². The third-order valence-electron chi connectivity index (χ3n) is 4.67. The Morgan fingerprint density at radius 1 is 1.10 bits per heavy atom. The molecule has 30 heavy (non-hydrogen) atoms. The fraction of sp³-hybridized carbons (Fsp3) is 0.143. The van der Waals surface area contributed by atoms with Gasteiger partial charge in [-0.2, -0.15) is 5.10 Å². The quantitative estimate of drug-likeness (QED) is 0.478. The lowest BCUT2D eigenvalue weighted by atomic mass is 10.2. The van der Waals surface area contributed by atoms with Gasteiger partial charge in [0.2, 0.25) is 0 Å². The van der Waals surface area contributed by atoms with Crippen LogP contribution in [0.1, 0.15) is 20.9 Å². The predicted octanol–water partition coefficient (Wildman–Crippen LogP) is 3.67. The number of nitrogens with one attached hydrogen (secondary N) is 2. The number of nitrogens with zero attached hydrogens (tertiary/aromatic N) is 2. The highest BCUT2D eigenvalue weighted by Crippen LogP contribution is 2.28. The van der Waals surface area contributed by atoms with E-state index in [-0.39, 0.29) is 17.3 Å². The van der Waals surface area contributed by atoms with Gasteiger partial charge in [-0.05, 0) is 36.8 Å². The zero-order valence-corrected chi connectivity index (χ0v) is 18.0. The number of amides is 1. The number of aryl methyl sites for hydroxylation is 2. The second kappa shape index (κ2) is 7.92. The molecule has 0 aliphatic heterocycles. The number of hydrogen-bond acceptors (Lipinski definition) is 5. The van der Waals surface area contributed by atoms with Crippen molar-refractivity contribution in [1.29, 1.82) is 0 Å². The van der Waals surface area contributed by atoms with Crippen molar-refractivity contribution in [3.8, 4) is 0 Å². The number of carbonyl (C=O) groups excluding carboxylic acids is 1. The average molecular weight is 441 g/mol. The molecule has 154 valence electrons. The zero-order valence-electron chi connectivity index (χ0n) is 16.4. The molecule has 0 saturated carbocycles. The Bertz CT molecular complexity index is 1290. The van der Waals surface area contributed by atoms with Crippen molar-refractivity contribution in [2.45, 2.75) is 18.4 Å². The molecule has 0 spiro atoms. The summed E-state index contributed by atoms with van der Waals surface area (Å²) in [6.45, 7) is 2.10. The van der Waals surface area contributed by atoms with E-state index in [0.717, 1.165) is 15.9 Å². The molecule has 0 bridgehead atoms. The van der Waals surface area contributed by atoms with E-state index in [1.165, 1.54) is 23.5 Å². The van der Waals surface area contributed by atoms with Crippen LogP contribution in [-0.4, -0.2) is 24.1 Å². The van der Waals surface area contributed by atoms with Gasteiger partial charge in [-0.15, -0.1) is 11.3 Å². The molecular formula is C21H20N4O3S2. The van der Waals surface area contributed by atoms with Crippen molar-refractivity contribution >= 4 is 43.2 Å². The number of anilines is 1. The maximum atomic E-state index is 12.7. The maximum absolute atomic E-state index is 12.7. The summed E-state index contributed by atoms with van der Waals surface area (Å²) in [5, 5.41) is 8.18. The highest BCUT2D eigenvalue weighted by atomic mass is 32.2. The Morgan fingerprint density at radius 2 is 1.80 bits per heavy atom. The summed E-state index contributed by atoms with van der Waals surface area (Å²) in [5.41, 5.74) is 1.98. The standard InChI is InChI=1S/C21H20N4O3S2/c1-14-17-12-19(29-21(17)25(2)23-14)20(26)22-13-15-8-6-7-11-18(15)24-30(27,28)16-9-4-3-5-10-16/h3-12,24H,13H2,1-2H3,(H,22,26). The number of fused-ring (bicyclic) bond motifs is 1. The van der Waals surface area contributed by atoms with Crippen LogP contribution in [0.4, 0.5) is 5.69 Å². The van der Waals surface area contributed by atoms with Crippen LogP contribution < -0.4 is 10.0 Å². The summed E-state index contributed by atoms with van der Waals surface area (Å²) < 4.78 is 29.7. The molecule has 0 saturated heterocycles. The third kappa shape index (κ3) is 3.94. The Balaban J connectivity index is 1.51. The Kier molecular flexibility index (Phi) is 5.31. The summed E-state index contributed by atoms with van der Waals surface area (Å²) in [5.74, 6) is -0.212. The lowest BCUT2D eigenvalue weighted by Gasteiger charge is -2.13. The van der Waals surface area contributed by atoms with Crippen LogP contribution in [0.2, 0.25) is 0 Å². The predicted molar refractivity (Wildman–Crippen MR) is 118 cm³/mol. The number of thiophene rings is 1. The second-order valence-electron chi connectivity index (χ2n) is 6.80. The van der Waals surface area contributed by atoms with Gasteiger partial charge in [0.05, 0.1) is 21.2 Å². The van der Waals surface area contributed by atoms with Gasteiger partial charge in [0.25, 0.3) is 15.9 Å². The van der Waals surface area contributed by atoms with E-state index in [1.807, 2.05) is 20.0 Å². The normalized spacial score (nSPS) is 11.5. The fourth-order valence-electron chi connectivity index (χ4n) is 3.16. The first-order valence-electron chi connectivity index (χ1n) is 9.22. The molecule has 4 aromatic rings. The van der Waals surface area contributed by atoms with Crippen LogP contribution in [-0.2, 0) is 23.6 Å². The van der Waals surface area contributed by atoms with E-state index < -0.39 is 10.0 Å². The van der Waals surface area contributed by atoms with Gasteiger partial charge < -0.3 is 5.32 Å². The summed E-state index contributed by atoms with van der Waals surface area (Å²) in [6.07, 6.45) is 0. The topological polar surface area (TPSA) is 93.1 Å². The van der Waals surface area contributed by atoms with Crippen molar-refractivity contribution in [3.63, 3.8) is 0 Å². The molecule has 0 fully saturated rings. The van der Waals surface area contributed by atoms with Gasteiger partial charge in [-0.3, -0.25) is 14.2 Å². The van der Waals surface area contributed by atoms with Crippen LogP contribution in [0, 0.1) is 6.92 Å². The highest BCUT2D eigenvalue weighted by molar-refractivity contribution is 7.92. The van der Waals surface area contributed by atoms with Gasteiger partial charge >= 0.3 is 0 Å². The molecule has 0 aliphatic rings. The SMILES string of the molecule is Cc1nn(C)c2sc(C(=O)NCc3ccccc3NS(=O)(=O)c3ccccc3)cc12. The van der Waals surface area contributed by atoms with Gasteiger partial charge in [0.1, 0.15) is 4.83 Å². The second-order valence-corrected chi connectivity index (χ2v) is 9.51. The molecule has 4 rings (SSSR count). The number of aromatic nitrogens is 2. The Hall–Kier alpha value is -3.17. The molecule has 9 heteroatoms. The minimum absolute atomic E-state index is 0.179. The van der Waals surface area contributed by atoms with Crippen molar-refractivity contribution < 1.29 is 13.2 Å². The number of para-hydroxylation sites is 1. The zero-order chi connectivity index (χ0) is 21.3. The molecule has 0 unspecified atom stereocenters. The molecule has 0 radical (unpaired) electrons. The smallest absolute Gasteiger partial charge is 0.261 e. The van der Waals surface area contributed by atoms with E-state index in [0.29, 0.717) is 16.1 Å². The van der Waals surface area contributed by atoms with Crippen molar-refractivity contribution in [2.24, 2.45) is 7.05 Å². The molecular weight excluding hydrogens is 420 g/mol.